The number of nitrogens with zero attached hydrogens (tertiary/aromatic N) is 1. The maximum atomic E-state index is 5.25. The molecule has 0 saturated carbocycles. The lowest BCUT2D eigenvalue weighted by atomic mass is 10.2. The SMILES string of the molecule is CN=C(NN)NC1CCSCC1. The second-order valence-electron chi connectivity index (χ2n) is 2.75. The van der Waals surface area contributed by atoms with E-state index >= 15 is 0 Å². The van der Waals surface area contributed by atoms with Crippen molar-refractivity contribution in [3.63, 3.8) is 0 Å². The molecule has 12 heavy (non-hydrogen) atoms. The highest BCUT2D eigenvalue weighted by Gasteiger charge is 2.13. The predicted octanol–water partition coefficient (Wildman–Crippen LogP) is -0.0793. The van der Waals surface area contributed by atoms with Crippen LogP contribution in [-0.2, 0) is 0 Å². The summed E-state index contributed by atoms with van der Waals surface area (Å²) < 4.78 is 0. The fourth-order valence-electron chi connectivity index (χ4n) is 1.21. The van der Waals surface area contributed by atoms with Gasteiger partial charge in [-0.15, -0.1) is 0 Å². The topological polar surface area (TPSA) is 62.4 Å². The third-order valence-electron chi connectivity index (χ3n) is 1.92. The molecule has 1 aliphatic rings. The first-order valence-electron chi connectivity index (χ1n) is 4.14. The van der Waals surface area contributed by atoms with Gasteiger partial charge in [0.25, 0.3) is 0 Å². The summed E-state index contributed by atoms with van der Waals surface area (Å²) in [7, 11) is 1.72. The third-order valence-corrected chi connectivity index (χ3v) is 2.97. The first-order chi connectivity index (χ1) is 5.86. The first kappa shape index (κ1) is 9.67. The van der Waals surface area contributed by atoms with Crippen LogP contribution in [-0.4, -0.2) is 30.6 Å². The minimum absolute atomic E-state index is 0.543. The summed E-state index contributed by atoms with van der Waals surface area (Å²) >= 11 is 2.01. The fourth-order valence-corrected chi connectivity index (χ4v) is 2.31. The van der Waals surface area contributed by atoms with Crippen LogP contribution in [0.5, 0.6) is 0 Å². The molecule has 1 saturated heterocycles. The van der Waals surface area contributed by atoms with Crippen molar-refractivity contribution in [1.29, 1.82) is 0 Å². The normalized spacial score (nSPS) is 20.7. The highest BCUT2D eigenvalue weighted by atomic mass is 32.2. The Hall–Kier alpha value is -0.420. The molecule has 0 aliphatic carbocycles. The lowest BCUT2D eigenvalue weighted by Gasteiger charge is -2.23. The van der Waals surface area contributed by atoms with Gasteiger partial charge >= 0.3 is 0 Å². The zero-order chi connectivity index (χ0) is 8.81. The van der Waals surface area contributed by atoms with Crippen LogP contribution in [0.1, 0.15) is 12.8 Å². The van der Waals surface area contributed by atoms with Crippen LogP contribution in [0.4, 0.5) is 0 Å². The van der Waals surface area contributed by atoms with Crippen molar-refractivity contribution in [2.75, 3.05) is 18.6 Å². The van der Waals surface area contributed by atoms with Gasteiger partial charge in [-0.3, -0.25) is 10.4 Å². The standard InChI is InChI=1S/C7H16N4S/c1-9-7(11-8)10-6-2-4-12-5-3-6/h6H,2-5,8H2,1H3,(H2,9,10,11). The van der Waals surface area contributed by atoms with E-state index in [0.29, 0.717) is 12.0 Å². The summed E-state index contributed by atoms with van der Waals surface area (Å²) in [5.41, 5.74) is 2.53. The molecule has 5 heteroatoms. The number of aliphatic imine (C=N–C) groups is 1. The molecule has 4 N–H and O–H groups in total. The summed E-state index contributed by atoms with van der Waals surface area (Å²) in [6.45, 7) is 0. The maximum absolute atomic E-state index is 5.25. The maximum Gasteiger partial charge on any atom is 0.205 e. The van der Waals surface area contributed by atoms with E-state index < -0.39 is 0 Å². The van der Waals surface area contributed by atoms with Crippen LogP contribution in [0.15, 0.2) is 4.99 Å². The molecule has 0 atom stereocenters. The molecule has 0 aromatic rings. The number of nitrogens with one attached hydrogen (secondary N) is 2. The average molecular weight is 188 g/mol. The number of hydrogen-bond donors (Lipinski definition) is 3. The molecule has 0 aromatic heterocycles. The smallest absolute Gasteiger partial charge is 0.205 e. The minimum Gasteiger partial charge on any atom is -0.353 e. The van der Waals surface area contributed by atoms with Gasteiger partial charge in [-0.1, -0.05) is 0 Å². The minimum atomic E-state index is 0.543. The van der Waals surface area contributed by atoms with E-state index in [0.717, 1.165) is 0 Å². The van der Waals surface area contributed by atoms with Crippen molar-refractivity contribution in [1.82, 2.24) is 10.7 Å². The van der Waals surface area contributed by atoms with Crippen molar-refractivity contribution in [2.45, 2.75) is 18.9 Å². The van der Waals surface area contributed by atoms with E-state index in [2.05, 4.69) is 15.7 Å². The highest BCUT2D eigenvalue weighted by Crippen LogP contribution is 2.16. The van der Waals surface area contributed by atoms with Crippen LogP contribution >= 0.6 is 11.8 Å². The van der Waals surface area contributed by atoms with Gasteiger partial charge in [0.2, 0.25) is 5.96 Å². The van der Waals surface area contributed by atoms with Gasteiger partial charge in [0.05, 0.1) is 0 Å². The Kier molecular flexibility index (Phi) is 4.24. The van der Waals surface area contributed by atoms with Gasteiger partial charge in [0, 0.05) is 13.1 Å². The van der Waals surface area contributed by atoms with Gasteiger partial charge in [0.15, 0.2) is 0 Å². The molecule has 0 spiro atoms. The molecule has 1 fully saturated rings. The number of nitrogens with two attached hydrogens (primary N) is 1. The highest BCUT2D eigenvalue weighted by molar-refractivity contribution is 7.99. The van der Waals surface area contributed by atoms with Crippen molar-refractivity contribution in [3.05, 3.63) is 0 Å². The van der Waals surface area contributed by atoms with Crippen molar-refractivity contribution in [3.8, 4) is 0 Å². The Bertz CT molecular complexity index is 153. The molecular weight excluding hydrogens is 172 g/mol. The van der Waals surface area contributed by atoms with Crippen molar-refractivity contribution >= 4 is 17.7 Å². The summed E-state index contributed by atoms with van der Waals surface area (Å²) in [6.07, 6.45) is 2.40. The average Bonchev–Trinajstić information content (AvgIpc) is 2.16. The molecule has 0 aromatic carbocycles. The van der Waals surface area contributed by atoms with Gasteiger partial charge in [0.1, 0.15) is 0 Å². The monoisotopic (exact) mass is 188 g/mol. The molecule has 4 nitrogen and oxygen atoms in total. The van der Waals surface area contributed by atoms with Gasteiger partial charge in [-0.25, -0.2) is 5.84 Å². The molecular formula is C7H16N4S. The van der Waals surface area contributed by atoms with Gasteiger partial charge in [-0.05, 0) is 24.3 Å². The molecule has 70 valence electrons. The van der Waals surface area contributed by atoms with Crippen molar-refractivity contribution in [2.24, 2.45) is 10.8 Å². The number of guanidine groups is 1. The molecule has 1 aliphatic heterocycles. The van der Waals surface area contributed by atoms with E-state index in [9.17, 15) is 0 Å². The first-order valence-corrected chi connectivity index (χ1v) is 5.30. The molecule has 1 rings (SSSR count). The van der Waals surface area contributed by atoms with E-state index in [-0.39, 0.29) is 0 Å². The second kappa shape index (κ2) is 5.27. The van der Waals surface area contributed by atoms with Crippen LogP contribution in [0.2, 0.25) is 0 Å². The number of thioether (sulfide) groups is 1. The molecule has 0 unspecified atom stereocenters. The quantitative estimate of drug-likeness (QED) is 0.233. The summed E-state index contributed by atoms with van der Waals surface area (Å²) in [4.78, 5) is 3.96. The number of hydrogen-bond acceptors (Lipinski definition) is 3. The zero-order valence-electron chi connectivity index (χ0n) is 7.34. The summed E-state index contributed by atoms with van der Waals surface area (Å²) in [5, 5.41) is 3.26. The molecule has 0 amide bonds. The lowest BCUT2D eigenvalue weighted by molar-refractivity contribution is 0.557. The Morgan fingerprint density at radius 1 is 1.50 bits per heavy atom. The lowest BCUT2D eigenvalue weighted by Crippen LogP contribution is -2.47. The van der Waals surface area contributed by atoms with Crippen LogP contribution in [0.25, 0.3) is 0 Å². The van der Waals surface area contributed by atoms with Gasteiger partial charge in [-0.2, -0.15) is 11.8 Å². The van der Waals surface area contributed by atoms with E-state index in [1.807, 2.05) is 11.8 Å². The number of rotatable bonds is 1. The van der Waals surface area contributed by atoms with E-state index in [1.165, 1.54) is 24.3 Å². The Labute approximate surface area is 77.4 Å². The van der Waals surface area contributed by atoms with Crippen molar-refractivity contribution < 1.29 is 0 Å². The van der Waals surface area contributed by atoms with E-state index in [1.54, 1.807) is 7.05 Å². The fraction of sp³-hybridized carbons (Fsp3) is 0.857. The number of hydrazine groups is 1. The summed E-state index contributed by atoms with van der Waals surface area (Å²) in [6, 6.07) is 0.543. The second-order valence-corrected chi connectivity index (χ2v) is 3.97. The van der Waals surface area contributed by atoms with Crippen LogP contribution in [0, 0.1) is 0 Å². The molecule has 1 heterocycles. The molecule has 0 bridgehead atoms. The predicted molar refractivity (Wildman–Crippen MR) is 54.2 cm³/mol. The Morgan fingerprint density at radius 2 is 2.17 bits per heavy atom. The van der Waals surface area contributed by atoms with Gasteiger partial charge < -0.3 is 5.32 Å². The van der Waals surface area contributed by atoms with E-state index in [4.69, 9.17) is 5.84 Å². The zero-order valence-corrected chi connectivity index (χ0v) is 8.16. The van der Waals surface area contributed by atoms with Crippen LogP contribution < -0.4 is 16.6 Å². The summed E-state index contributed by atoms with van der Waals surface area (Å²) in [5.74, 6) is 8.41. The Balaban J connectivity index is 2.28. The van der Waals surface area contributed by atoms with Crippen LogP contribution in [0.3, 0.4) is 0 Å². The largest absolute Gasteiger partial charge is 0.353 e. The molecule has 0 radical (unpaired) electrons. The Morgan fingerprint density at radius 3 is 2.67 bits per heavy atom. The third kappa shape index (κ3) is 2.91.